The van der Waals surface area contributed by atoms with Crippen LogP contribution in [0.3, 0.4) is 0 Å². The van der Waals surface area contributed by atoms with Gasteiger partial charge < -0.3 is 5.73 Å². The molecule has 0 fully saturated rings. The summed E-state index contributed by atoms with van der Waals surface area (Å²) in [6, 6.07) is 7.78. The van der Waals surface area contributed by atoms with Gasteiger partial charge >= 0.3 is 0 Å². The summed E-state index contributed by atoms with van der Waals surface area (Å²) in [4.78, 5) is 32.0. The number of benzene rings is 1. The molecule has 0 radical (unpaired) electrons. The van der Waals surface area contributed by atoms with Gasteiger partial charge in [-0.3, -0.25) is 14.2 Å². The van der Waals surface area contributed by atoms with Gasteiger partial charge in [0.05, 0.1) is 16.3 Å². The van der Waals surface area contributed by atoms with Gasteiger partial charge in [-0.1, -0.05) is 29.5 Å². The summed E-state index contributed by atoms with van der Waals surface area (Å²) in [5.41, 5.74) is 8.44. The number of primary amides is 1. The second-order valence-corrected chi connectivity index (χ2v) is 9.32. The van der Waals surface area contributed by atoms with E-state index in [0.717, 1.165) is 47.2 Å². The fraction of sp³-hybridized carbons (Fsp3) is 0.350. The molecular formula is C20H21N3O2S2. The zero-order chi connectivity index (χ0) is 19.1. The number of nitrogens with zero attached hydrogens (tertiary/aromatic N) is 2. The minimum atomic E-state index is -0.472. The average molecular weight is 400 g/mol. The van der Waals surface area contributed by atoms with E-state index in [9.17, 15) is 9.59 Å². The van der Waals surface area contributed by atoms with Crippen LogP contribution in [-0.2, 0) is 17.6 Å². The predicted molar refractivity (Wildman–Crippen MR) is 111 cm³/mol. The molecule has 1 amide bonds. The molecule has 1 aliphatic carbocycles. The summed E-state index contributed by atoms with van der Waals surface area (Å²) in [6.45, 7) is 3.75. The standard InChI is InChI=1S/C20H21N3O2S2/c1-11-7-9-13(10-8-11)23-19(25)16-14-5-3-4-6-15(14)27-18(16)22-20(23)26-12(2)17(21)24/h7-10,12H,3-6H2,1-2H3,(H2,21,24)/t12-/m0/s1. The third kappa shape index (κ3) is 3.30. The van der Waals surface area contributed by atoms with E-state index in [0.29, 0.717) is 5.16 Å². The molecule has 1 atom stereocenters. The summed E-state index contributed by atoms with van der Waals surface area (Å²) in [5, 5.41) is 0.785. The van der Waals surface area contributed by atoms with Gasteiger partial charge in [0.25, 0.3) is 5.56 Å². The molecule has 27 heavy (non-hydrogen) atoms. The quantitative estimate of drug-likeness (QED) is 0.537. The van der Waals surface area contributed by atoms with Gasteiger partial charge in [-0.05, 0) is 57.2 Å². The van der Waals surface area contributed by atoms with Crippen molar-refractivity contribution in [3.63, 3.8) is 0 Å². The van der Waals surface area contributed by atoms with Gasteiger partial charge in [0, 0.05) is 4.88 Å². The molecule has 0 bridgehead atoms. The van der Waals surface area contributed by atoms with Crippen molar-refractivity contribution in [1.82, 2.24) is 9.55 Å². The molecule has 0 aliphatic heterocycles. The van der Waals surface area contributed by atoms with E-state index in [-0.39, 0.29) is 5.56 Å². The van der Waals surface area contributed by atoms with Crippen molar-refractivity contribution in [2.75, 3.05) is 0 Å². The molecule has 0 saturated carbocycles. The third-order valence-corrected chi connectivity index (χ3v) is 7.19. The number of hydrogen-bond donors (Lipinski definition) is 1. The topological polar surface area (TPSA) is 78.0 Å². The summed E-state index contributed by atoms with van der Waals surface area (Å²) in [5.74, 6) is -0.421. The van der Waals surface area contributed by atoms with Crippen LogP contribution in [0.1, 0.15) is 35.8 Å². The highest BCUT2D eigenvalue weighted by Gasteiger charge is 2.24. The van der Waals surface area contributed by atoms with Gasteiger partial charge in [-0.25, -0.2) is 4.98 Å². The number of fused-ring (bicyclic) bond motifs is 3. The zero-order valence-electron chi connectivity index (χ0n) is 15.3. The largest absolute Gasteiger partial charge is 0.369 e. The molecule has 1 aliphatic rings. The number of thioether (sulfide) groups is 1. The minimum Gasteiger partial charge on any atom is -0.369 e. The van der Waals surface area contributed by atoms with Gasteiger partial charge in [0.15, 0.2) is 5.16 Å². The van der Waals surface area contributed by atoms with Crippen molar-refractivity contribution in [3.05, 3.63) is 50.6 Å². The van der Waals surface area contributed by atoms with Crippen LogP contribution in [0.15, 0.2) is 34.2 Å². The third-order valence-electron chi connectivity index (χ3n) is 4.93. The van der Waals surface area contributed by atoms with Crippen molar-refractivity contribution in [2.24, 2.45) is 5.73 Å². The first-order valence-electron chi connectivity index (χ1n) is 9.06. The van der Waals surface area contributed by atoms with E-state index >= 15 is 0 Å². The van der Waals surface area contributed by atoms with Crippen LogP contribution >= 0.6 is 23.1 Å². The Morgan fingerprint density at radius 1 is 1.26 bits per heavy atom. The molecule has 3 aromatic rings. The number of rotatable bonds is 4. The Morgan fingerprint density at radius 3 is 2.67 bits per heavy atom. The highest BCUT2D eigenvalue weighted by molar-refractivity contribution is 8.00. The normalized spacial score (nSPS) is 14.9. The van der Waals surface area contributed by atoms with E-state index in [4.69, 9.17) is 10.7 Å². The molecule has 4 rings (SSSR count). The minimum absolute atomic E-state index is 0.0533. The SMILES string of the molecule is Cc1ccc(-n2c(S[C@@H](C)C(N)=O)nc3sc4c(c3c2=O)CCCC4)cc1. The van der Waals surface area contributed by atoms with Crippen molar-refractivity contribution in [3.8, 4) is 5.69 Å². The fourth-order valence-electron chi connectivity index (χ4n) is 3.40. The molecule has 2 N–H and O–H groups in total. The van der Waals surface area contributed by atoms with Crippen molar-refractivity contribution in [1.29, 1.82) is 0 Å². The maximum absolute atomic E-state index is 13.5. The lowest BCUT2D eigenvalue weighted by molar-refractivity contribution is -0.117. The number of thiophene rings is 1. The zero-order valence-corrected chi connectivity index (χ0v) is 17.0. The van der Waals surface area contributed by atoms with E-state index < -0.39 is 11.2 Å². The van der Waals surface area contributed by atoms with Crippen LogP contribution in [0.5, 0.6) is 0 Å². The number of aryl methyl sites for hydroxylation is 3. The number of hydrogen-bond acceptors (Lipinski definition) is 5. The first kappa shape index (κ1) is 18.3. The van der Waals surface area contributed by atoms with Gasteiger partial charge in [0.2, 0.25) is 5.91 Å². The number of aromatic nitrogens is 2. The molecule has 0 spiro atoms. The van der Waals surface area contributed by atoms with E-state index in [1.165, 1.54) is 22.2 Å². The molecule has 2 aromatic heterocycles. The number of amides is 1. The van der Waals surface area contributed by atoms with Gasteiger partial charge in [0.1, 0.15) is 4.83 Å². The van der Waals surface area contributed by atoms with Crippen molar-refractivity contribution in [2.45, 2.75) is 49.9 Å². The van der Waals surface area contributed by atoms with Gasteiger partial charge in [-0.2, -0.15) is 0 Å². The number of carbonyl (C=O) groups is 1. The second-order valence-electron chi connectivity index (χ2n) is 6.92. The van der Waals surface area contributed by atoms with E-state index in [1.54, 1.807) is 22.8 Å². The summed E-state index contributed by atoms with van der Waals surface area (Å²) >= 11 is 2.85. The summed E-state index contributed by atoms with van der Waals surface area (Å²) < 4.78 is 1.63. The fourth-order valence-corrected chi connectivity index (χ4v) is 5.58. The molecule has 1 aromatic carbocycles. The first-order chi connectivity index (χ1) is 13.0. The van der Waals surface area contributed by atoms with Crippen LogP contribution in [0, 0.1) is 6.92 Å². The summed E-state index contributed by atoms with van der Waals surface area (Å²) in [7, 11) is 0. The molecule has 0 unspecified atom stereocenters. The molecule has 5 nitrogen and oxygen atoms in total. The second kappa shape index (κ2) is 7.13. The van der Waals surface area contributed by atoms with Crippen LogP contribution in [0.2, 0.25) is 0 Å². The number of nitrogens with two attached hydrogens (primary N) is 1. The Bertz CT molecular complexity index is 1080. The molecule has 7 heteroatoms. The molecule has 140 valence electrons. The highest BCUT2D eigenvalue weighted by atomic mass is 32.2. The Hall–Kier alpha value is -2.12. The van der Waals surface area contributed by atoms with Crippen LogP contribution in [0.4, 0.5) is 0 Å². The molecule has 2 heterocycles. The lowest BCUT2D eigenvalue weighted by atomic mass is 9.97. The van der Waals surface area contributed by atoms with Crippen LogP contribution < -0.4 is 11.3 Å². The Kier molecular flexibility index (Phi) is 4.82. The maximum Gasteiger partial charge on any atom is 0.267 e. The van der Waals surface area contributed by atoms with Gasteiger partial charge in [-0.15, -0.1) is 11.3 Å². The molecular weight excluding hydrogens is 378 g/mol. The Morgan fingerprint density at radius 2 is 1.96 bits per heavy atom. The van der Waals surface area contributed by atoms with Crippen LogP contribution in [0.25, 0.3) is 15.9 Å². The summed E-state index contributed by atoms with van der Waals surface area (Å²) in [6.07, 6.45) is 4.22. The highest BCUT2D eigenvalue weighted by Crippen LogP contribution is 2.35. The lowest BCUT2D eigenvalue weighted by Gasteiger charge is -2.15. The Balaban J connectivity index is 1.98. The molecule has 0 saturated heterocycles. The van der Waals surface area contributed by atoms with Crippen molar-refractivity contribution < 1.29 is 4.79 Å². The maximum atomic E-state index is 13.5. The smallest absolute Gasteiger partial charge is 0.267 e. The lowest BCUT2D eigenvalue weighted by Crippen LogP contribution is -2.26. The predicted octanol–water partition coefficient (Wildman–Crippen LogP) is 3.60. The van der Waals surface area contributed by atoms with E-state index in [1.807, 2.05) is 31.2 Å². The monoisotopic (exact) mass is 399 g/mol. The van der Waals surface area contributed by atoms with Crippen LogP contribution in [-0.4, -0.2) is 20.7 Å². The first-order valence-corrected chi connectivity index (χ1v) is 10.8. The number of carbonyl (C=O) groups excluding carboxylic acids is 1. The van der Waals surface area contributed by atoms with Crippen molar-refractivity contribution >= 4 is 39.2 Å². The van der Waals surface area contributed by atoms with E-state index in [2.05, 4.69) is 0 Å². The Labute approximate surface area is 165 Å². The average Bonchev–Trinajstić information content (AvgIpc) is 3.01.